The Morgan fingerprint density at radius 2 is 2.00 bits per heavy atom. The number of rotatable bonds is 1. The van der Waals surface area contributed by atoms with Gasteiger partial charge in [-0.15, -0.1) is 0 Å². The van der Waals surface area contributed by atoms with Crippen molar-refractivity contribution in [2.75, 3.05) is 0 Å². The van der Waals surface area contributed by atoms with E-state index in [1.807, 2.05) is 32.0 Å². The van der Waals surface area contributed by atoms with Gasteiger partial charge in [-0.3, -0.25) is 0 Å². The molecule has 1 aliphatic rings. The number of nitrogens with one attached hydrogen (secondary N) is 1. The van der Waals surface area contributed by atoms with Gasteiger partial charge < -0.3 is 4.98 Å². The number of aromatic amines is 1. The minimum atomic E-state index is 0.695. The van der Waals surface area contributed by atoms with E-state index >= 15 is 0 Å². The predicted molar refractivity (Wildman–Crippen MR) is 78.3 cm³/mol. The summed E-state index contributed by atoms with van der Waals surface area (Å²) in [7, 11) is 0. The summed E-state index contributed by atoms with van der Waals surface area (Å²) in [5, 5.41) is 0. The van der Waals surface area contributed by atoms with Crippen LogP contribution in [0.5, 0.6) is 0 Å². The largest absolute Gasteiger partial charge is 0.335 e. The van der Waals surface area contributed by atoms with Gasteiger partial charge in [-0.25, -0.2) is 19.9 Å². The summed E-state index contributed by atoms with van der Waals surface area (Å²) in [6.07, 6.45) is 0.870. The molecule has 0 unspecified atom stereocenters. The summed E-state index contributed by atoms with van der Waals surface area (Å²) in [5.74, 6) is 1.55. The highest BCUT2D eigenvalue weighted by molar-refractivity contribution is 5.93. The number of fused-ring (bicyclic) bond motifs is 2. The molecule has 0 aliphatic carbocycles. The quantitative estimate of drug-likeness (QED) is 0.734. The molecule has 0 bridgehead atoms. The van der Waals surface area contributed by atoms with Gasteiger partial charge in [0.2, 0.25) is 0 Å². The Morgan fingerprint density at radius 1 is 1.10 bits per heavy atom. The van der Waals surface area contributed by atoms with E-state index in [0.717, 1.165) is 46.2 Å². The number of hydrogen-bond donors (Lipinski definition) is 1. The number of aliphatic imine (C=N–C) groups is 1. The van der Waals surface area contributed by atoms with Crippen molar-refractivity contribution in [3.63, 3.8) is 0 Å². The summed E-state index contributed by atoms with van der Waals surface area (Å²) in [6.45, 7) is 3.99. The molecule has 1 aliphatic heterocycles. The van der Waals surface area contributed by atoms with Crippen molar-refractivity contribution in [3.05, 3.63) is 35.5 Å². The van der Waals surface area contributed by atoms with E-state index in [1.54, 1.807) is 0 Å². The average molecular weight is 263 g/mol. The van der Waals surface area contributed by atoms with Crippen LogP contribution < -0.4 is 0 Å². The zero-order valence-corrected chi connectivity index (χ0v) is 11.3. The summed E-state index contributed by atoms with van der Waals surface area (Å²) in [4.78, 5) is 21.3. The molecule has 0 aromatic carbocycles. The summed E-state index contributed by atoms with van der Waals surface area (Å²) in [5.41, 5.74) is 5.69. The number of aryl methyl sites for hydroxylation is 1. The number of imidazole rings is 1. The van der Waals surface area contributed by atoms with Gasteiger partial charge in [-0.1, -0.05) is 6.07 Å². The van der Waals surface area contributed by atoms with E-state index < -0.39 is 0 Å². The molecule has 0 radical (unpaired) electrons. The second-order valence-corrected chi connectivity index (χ2v) is 5.12. The van der Waals surface area contributed by atoms with Gasteiger partial charge in [0.05, 0.1) is 5.52 Å². The van der Waals surface area contributed by atoms with Crippen LogP contribution in [-0.2, 0) is 6.42 Å². The maximum absolute atomic E-state index is 4.53. The smallest absolute Gasteiger partial charge is 0.180 e. The van der Waals surface area contributed by atoms with E-state index in [2.05, 4.69) is 31.0 Å². The zero-order chi connectivity index (χ0) is 13.7. The van der Waals surface area contributed by atoms with E-state index in [0.29, 0.717) is 5.65 Å². The van der Waals surface area contributed by atoms with Crippen molar-refractivity contribution in [1.29, 1.82) is 0 Å². The highest BCUT2D eigenvalue weighted by Crippen LogP contribution is 2.28. The lowest BCUT2D eigenvalue weighted by atomic mass is 10.2. The molecule has 20 heavy (non-hydrogen) atoms. The van der Waals surface area contributed by atoms with Gasteiger partial charge >= 0.3 is 0 Å². The SMILES string of the molecule is CC1=Nc2nc3nc(-c4cccc(C)n4)[nH]c3cc2C1. The Bertz CT molecular complexity index is 860. The molecule has 0 saturated heterocycles. The molecular formula is C15H13N5. The molecule has 4 heterocycles. The van der Waals surface area contributed by atoms with Crippen LogP contribution in [0.15, 0.2) is 29.3 Å². The minimum absolute atomic E-state index is 0.695. The number of pyridine rings is 2. The van der Waals surface area contributed by atoms with Crippen LogP contribution in [0.25, 0.3) is 22.7 Å². The molecule has 3 aromatic rings. The van der Waals surface area contributed by atoms with Crippen molar-refractivity contribution in [1.82, 2.24) is 19.9 Å². The summed E-state index contributed by atoms with van der Waals surface area (Å²) >= 11 is 0. The fraction of sp³-hybridized carbons (Fsp3) is 0.200. The molecule has 3 aromatic heterocycles. The van der Waals surface area contributed by atoms with Gasteiger partial charge in [0.15, 0.2) is 17.3 Å². The maximum atomic E-state index is 4.53. The molecule has 0 saturated carbocycles. The number of aromatic nitrogens is 4. The second-order valence-electron chi connectivity index (χ2n) is 5.12. The van der Waals surface area contributed by atoms with Gasteiger partial charge in [0, 0.05) is 23.4 Å². The Labute approximate surface area is 115 Å². The van der Waals surface area contributed by atoms with Crippen molar-refractivity contribution < 1.29 is 0 Å². The van der Waals surface area contributed by atoms with Crippen LogP contribution in [0.2, 0.25) is 0 Å². The third-order valence-corrected chi connectivity index (χ3v) is 3.40. The fourth-order valence-electron chi connectivity index (χ4n) is 2.49. The number of nitrogens with zero attached hydrogens (tertiary/aromatic N) is 4. The first kappa shape index (κ1) is 11.3. The molecule has 0 fully saturated rings. The molecule has 0 amide bonds. The first-order chi connectivity index (χ1) is 9.69. The third-order valence-electron chi connectivity index (χ3n) is 3.40. The molecule has 0 atom stereocenters. The van der Waals surface area contributed by atoms with Gasteiger partial charge in [-0.2, -0.15) is 0 Å². The minimum Gasteiger partial charge on any atom is -0.335 e. The Balaban J connectivity index is 1.88. The van der Waals surface area contributed by atoms with Crippen LogP contribution in [-0.4, -0.2) is 25.6 Å². The Kier molecular flexibility index (Phi) is 2.24. The molecule has 5 heteroatoms. The van der Waals surface area contributed by atoms with E-state index in [4.69, 9.17) is 0 Å². The topological polar surface area (TPSA) is 66.8 Å². The van der Waals surface area contributed by atoms with Crippen molar-refractivity contribution in [2.45, 2.75) is 20.3 Å². The lowest BCUT2D eigenvalue weighted by Crippen LogP contribution is -1.89. The maximum Gasteiger partial charge on any atom is 0.180 e. The first-order valence-corrected chi connectivity index (χ1v) is 6.57. The average Bonchev–Trinajstić information content (AvgIpc) is 2.97. The van der Waals surface area contributed by atoms with Crippen LogP contribution in [0, 0.1) is 6.92 Å². The Hall–Kier alpha value is -2.56. The third kappa shape index (κ3) is 1.71. The first-order valence-electron chi connectivity index (χ1n) is 6.57. The number of hydrogen-bond acceptors (Lipinski definition) is 4. The van der Waals surface area contributed by atoms with Crippen molar-refractivity contribution in [3.8, 4) is 11.5 Å². The summed E-state index contributed by atoms with van der Waals surface area (Å²) < 4.78 is 0. The second kappa shape index (κ2) is 3.96. The van der Waals surface area contributed by atoms with Crippen LogP contribution in [0.1, 0.15) is 18.2 Å². The standard InChI is InChI=1S/C15H13N5/c1-8-4-3-5-11(16-8)14-18-12-7-10-6-9(2)17-13(10)19-15(12)20-14/h3-5,7H,6H2,1-2H3,(H,18,19,20). The van der Waals surface area contributed by atoms with Gasteiger partial charge in [0.25, 0.3) is 0 Å². The molecule has 4 rings (SSSR count). The van der Waals surface area contributed by atoms with E-state index in [-0.39, 0.29) is 0 Å². The molecule has 0 spiro atoms. The fourth-order valence-corrected chi connectivity index (χ4v) is 2.49. The monoisotopic (exact) mass is 263 g/mol. The van der Waals surface area contributed by atoms with Crippen LogP contribution >= 0.6 is 0 Å². The normalized spacial score (nSPS) is 13.6. The van der Waals surface area contributed by atoms with Crippen LogP contribution in [0.4, 0.5) is 5.82 Å². The van der Waals surface area contributed by atoms with Gasteiger partial charge in [0.1, 0.15) is 5.69 Å². The van der Waals surface area contributed by atoms with Crippen molar-refractivity contribution >= 4 is 22.7 Å². The van der Waals surface area contributed by atoms with E-state index in [9.17, 15) is 0 Å². The Morgan fingerprint density at radius 3 is 2.85 bits per heavy atom. The van der Waals surface area contributed by atoms with Crippen molar-refractivity contribution in [2.24, 2.45) is 4.99 Å². The lowest BCUT2D eigenvalue weighted by molar-refractivity contribution is 1.16. The lowest BCUT2D eigenvalue weighted by Gasteiger charge is -1.96. The molecule has 5 nitrogen and oxygen atoms in total. The van der Waals surface area contributed by atoms with E-state index in [1.165, 1.54) is 0 Å². The van der Waals surface area contributed by atoms with Gasteiger partial charge in [-0.05, 0) is 32.0 Å². The predicted octanol–water partition coefficient (Wildman–Crippen LogP) is 2.98. The zero-order valence-electron chi connectivity index (χ0n) is 11.3. The molecule has 98 valence electrons. The number of H-pyrrole nitrogens is 1. The highest BCUT2D eigenvalue weighted by Gasteiger charge is 2.16. The van der Waals surface area contributed by atoms with Crippen LogP contribution in [0.3, 0.4) is 0 Å². The molecular weight excluding hydrogens is 250 g/mol. The molecule has 1 N–H and O–H groups in total. The summed E-state index contributed by atoms with van der Waals surface area (Å²) in [6, 6.07) is 7.98. The highest BCUT2D eigenvalue weighted by atomic mass is 15.0.